The quantitative estimate of drug-likeness (QED) is 0.217. The number of carbonyl (C=O) groups is 2. The van der Waals surface area contributed by atoms with Crippen LogP contribution < -0.4 is 15.8 Å². The van der Waals surface area contributed by atoms with Crippen molar-refractivity contribution >= 4 is 40.9 Å². The van der Waals surface area contributed by atoms with E-state index >= 15 is 0 Å². The van der Waals surface area contributed by atoms with Crippen molar-refractivity contribution in [2.75, 3.05) is 31.8 Å². The number of aldehydes is 1. The van der Waals surface area contributed by atoms with E-state index in [0.29, 0.717) is 40.6 Å². The number of hydrogen-bond donors (Lipinski definition) is 2. The number of anilines is 2. The number of carbonyl (C=O) groups excluding carboxylic acids is 2. The first-order chi connectivity index (χ1) is 20.4. The second-order valence-electron chi connectivity index (χ2n) is 9.44. The highest BCUT2D eigenvalue weighted by atomic mass is 35.5. The lowest BCUT2D eigenvalue weighted by Crippen LogP contribution is -2.19. The van der Waals surface area contributed by atoms with Gasteiger partial charge in [0, 0.05) is 30.4 Å². The lowest BCUT2D eigenvalue weighted by atomic mass is 10.1. The fourth-order valence-corrected chi connectivity index (χ4v) is 4.97. The Hall–Kier alpha value is -4.94. The van der Waals surface area contributed by atoms with Gasteiger partial charge in [0.05, 0.1) is 18.7 Å². The molecular formula is C29H28ClN9O3. The van der Waals surface area contributed by atoms with E-state index in [1.807, 2.05) is 28.8 Å². The molecule has 1 fully saturated rings. The Bertz CT molecular complexity index is 1730. The summed E-state index contributed by atoms with van der Waals surface area (Å²) in [4.78, 5) is 45.8. The second-order valence-corrected chi connectivity index (χ2v) is 9.78. The number of aromatic nitrogens is 6. The van der Waals surface area contributed by atoms with E-state index in [0.717, 1.165) is 36.3 Å². The highest BCUT2D eigenvalue weighted by Gasteiger charge is 2.29. The number of pyridine rings is 1. The van der Waals surface area contributed by atoms with E-state index in [1.54, 1.807) is 30.6 Å². The van der Waals surface area contributed by atoms with Gasteiger partial charge in [-0.3, -0.25) is 18.9 Å². The number of nitrogens with two attached hydrogens (primary N) is 1. The third-order valence-corrected chi connectivity index (χ3v) is 7.01. The van der Waals surface area contributed by atoms with Crippen LogP contribution in [0.3, 0.4) is 0 Å². The summed E-state index contributed by atoms with van der Waals surface area (Å²) in [6.45, 7) is 1.03. The summed E-state index contributed by atoms with van der Waals surface area (Å²) in [6.07, 6.45) is 9.42. The van der Waals surface area contributed by atoms with E-state index in [1.165, 1.54) is 19.4 Å². The number of methoxy groups -OCH3 is 1. The number of nitrogens with zero attached hydrogens (tertiary/aromatic N) is 7. The predicted molar refractivity (Wildman–Crippen MR) is 159 cm³/mol. The fourth-order valence-electron chi connectivity index (χ4n) is 4.82. The van der Waals surface area contributed by atoms with E-state index < -0.39 is 0 Å². The zero-order valence-corrected chi connectivity index (χ0v) is 23.7. The van der Waals surface area contributed by atoms with Gasteiger partial charge >= 0.3 is 0 Å². The molecule has 5 heterocycles. The van der Waals surface area contributed by atoms with Crippen LogP contribution in [-0.2, 0) is 0 Å². The third-order valence-electron chi connectivity index (χ3n) is 6.82. The highest BCUT2D eigenvalue weighted by Crippen LogP contribution is 2.37. The fraction of sp³-hybridized carbons (Fsp3) is 0.207. The van der Waals surface area contributed by atoms with Crippen molar-refractivity contribution in [3.05, 3.63) is 89.6 Å². The second kappa shape index (κ2) is 12.7. The summed E-state index contributed by atoms with van der Waals surface area (Å²) < 4.78 is 7.59. The van der Waals surface area contributed by atoms with Gasteiger partial charge in [-0.15, -0.1) is 0 Å². The molecule has 12 nitrogen and oxygen atoms in total. The van der Waals surface area contributed by atoms with Crippen LogP contribution in [-0.4, -0.2) is 67.1 Å². The van der Waals surface area contributed by atoms with Crippen LogP contribution in [0.1, 0.15) is 45.6 Å². The number of nitrogens with one attached hydrogen (secondary N) is 1. The molecule has 5 aromatic rings. The average molecular weight is 586 g/mol. The molecule has 1 aromatic carbocycles. The molecule has 3 N–H and O–H groups in total. The Morgan fingerprint density at radius 3 is 2.64 bits per heavy atom. The number of nitrogen functional groups attached to an aromatic ring is 1. The molecule has 1 amide bonds. The van der Waals surface area contributed by atoms with Gasteiger partial charge in [-0.05, 0) is 68.4 Å². The lowest BCUT2D eigenvalue weighted by Gasteiger charge is -2.18. The molecule has 1 aliphatic rings. The van der Waals surface area contributed by atoms with Crippen LogP contribution >= 0.6 is 11.6 Å². The van der Waals surface area contributed by atoms with Crippen molar-refractivity contribution in [3.8, 4) is 17.0 Å². The Morgan fingerprint density at radius 2 is 1.98 bits per heavy atom. The molecule has 4 aromatic heterocycles. The molecule has 1 atom stereocenters. The van der Waals surface area contributed by atoms with E-state index in [4.69, 9.17) is 27.1 Å². The van der Waals surface area contributed by atoms with Crippen molar-refractivity contribution < 1.29 is 14.3 Å². The molecule has 6 rings (SSSR count). The van der Waals surface area contributed by atoms with Crippen molar-refractivity contribution in [2.45, 2.75) is 18.9 Å². The molecule has 13 heteroatoms. The standard InChI is InChI=1S/C24H25N7O2.C5H3ClN2O/c1-30-12-5-6-17(30)23-29-20(21-22(25)27-11-13-31(21)23)15-8-9-16(18(14-15)33-2)24(32)28-19-7-3-4-10-26-19;6-5-7-2-1-4(3-9)8-5/h3-4,7-11,13-14,17H,5-6,12H2,1-2H3,(H2,25,27)(H,26,28,32);1-3H. The van der Waals surface area contributed by atoms with Crippen LogP contribution in [0.2, 0.25) is 5.28 Å². The number of imidazole rings is 1. The molecule has 0 saturated carbocycles. The smallest absolute Gasteiger partial charge is 0.260 e. The summed E-state index contributed by atoms with van der Waals surface area (Å²) in [5.41, 5.74) is 9.25. The molecule has 1 unspecified atom stereocenters. The molecule has 0 spiro atoms. The summed E-state index contributed by atoms with van der Waals surface area (Å²) in [5, 5.41) is 2.89. The van der Waals surface area contributed by atoms with Crippen molar-refractivity contribution in [2.24, 2.45) is 0 Å². The van der Waals surface area contributed by atoms with Gasteiger partial charge in [0.2, 0.25) is 5.28 Å². The number of likely N-dealkylation sites (tertiary alicyclic amines) is 1. The molecule has 214 valence electrons. The topological polar surface area (TPSA) is 154 Å². The van der Waals surface area contributed by atoms with Gasteiger partial charge in [-0.25, -0.2) is 24.9 Å². The summed E-state index contributed by atoms with van der Waals surface area (Å²) in [6, 6.07) is 12.4. The Morgan fingerprint density at radius 1 is 1.12 bits per heavy atom. The maximum atomic E-state index is 12.8. The largest absolute Gasteiger partial charge is 0.496 e. The average Bonchev–Trinajstić information content (AvgIpc) is 3.61. The maximum absolute atomic E-state index is 12.8. The number of rotatable bonds is 6. The van der Waals surface area contributed by atoms with Crippen LogP contribution in [0, 0.1) is 0 Å². The molecule has 42 heavy (non-hydrogen) atoms. The number of fused-ring (bicyclic) bond motifs is 1. The maximum Gasteiger partial charge on any atom is 0.260 e. The Kier molecular flexibility index (Phi) is 8.65. The first kappa shape index (κ1) is 28.6. The minimum Gasteiger partial charge on any atom is -0.496 e. The lowest BCUT2D eigenvalue weighted by molar-refractivity contribution is 0.102. The molecule has 0 bridgehead atoms. The third kappa shape index (κ3) is 6.04. The van der Waals surface area contributed by atoms with Crippen molar-refractivity contribution in [1.29, 1.82) is 0 Å². The number of benzene rings is 1. The first-order valence-electron chi connectivity index (χ1n) is 13.1. The first-order valence-corrected chi connectivity index (χ1v) is 13.4. The summed E-state index contributed by atoms with van der Waals surface area (Å²) in [5.74, 6) is 1.94. The summed E-state index contributed by atoms with van der Waals surface area (Å²) >= 11 is 5.34. The van der Waals surface area contributed by atoms with Crippen LogP contribution in [0.25, 0.3) is 16.8 Å². The van der Waals surface area contributed by atoms with Gasteiger partial charge in [0.25, 0.3) is 5.91 Å². The van der Waals surface area contributed by atoms with E-state index in [-0.39, 0.29) is 17.2 Å². The number of amides is 1. The Labute approximate surface area is 246 Å². The Balaban J connectivity index is 0.000000336. The molecule has 0 radical (unpaired) electrons. The number of ether oxygens (including phenoxy) is 1. The van der Waals surface area contributed by atoms with Gasteiger partial charge in [-0.1, -0.05) is 12.1 Å². The highest BCUT2D eigenvalue weighted by molar-refractivity contribution is 6.28. The molecular weight excluding hydrogens is 558 g/mol. The molecule has 0 aliphatic carbocycles. The van der Waals surface area contributed by atoms with Crippen molar-refractivity contribution in [3.63, 3.8) is 0 Å². The summed E-state index contributed by atoms with van der Waals surface area (Å²) in [7, 11) is 3.65. The number of halogens is 1. The van der Waals surface area contributed by atoms with E-state index in [2.05, 4.69) is 37.2 Å². The monoisotopic (exact) mass is 585 g/mol. The molecule has 1 saturated heterocycles. The SMILES string of the molecule is COc1cc(-c2nc(C3CCCN3C)n3ccnc(N)c23)ccc1C(=O)Nc1ccccn1.O=Cc1ccnc(Cl)n1. The van der Waals surface area contributed by atoms with E-state index in [9.17, 15) is 9.59 Å². The normalized spacial score (nSPS) is 14.7. The van der Waals surface area contributed by atoms with Gasteiger partial charge < -0.3 is 15.8 Å². The zero-order chi connectivity index (χ0) is 29.6. The van der Waals surface area contributed by atoms with Gasteiger partial charge in [0.15, 0.2) is 6.29 Å². The minimum absolute atomic E-state index is 0.0969. The molecule has 1 aliphatic heterocycles. The van der Waals surface area contributed by atoms with Crippen LogP contribution in [0.5, 0.6) is 5.75 Å². The number of hydrogen-bond acceptors (Lipinski definition) is 10. The van der Waals surface area contributed by atoms with Gasteiger partial charge in [-0.2, -0.15) is 0 Å². The van der Waals surface area contributed by atoms with Crippen LogP contribution in [0.4, 0.5) is 11.6 Å². The van der Waals surface area contributed by atoms with Gasteiger partial charge in [0.1, 0.15) is 40.1 Å². The predicted octanol–water partition coefficient (Wildman–Crippen LogP) is 4.34. The van der Waals surface area contributed by atoms with Crippen LogP contribution in [0.15, 0.2) is 67.3 Å². The van der Waals surface area contributed by atoms with Crippen molar-refractivity contribution in [1.82, 2.24) is 34.2 Å². The zero-order valence-electron chi connectivity index (χ0n) is 22.9. The minimum atomic E-state index is -0.304.